The Morgan fingerprint density at radius 3 is 2.53 bits per heavy atom. The van der Waals surface area contributed by atoms with Crippen molar-refractivity contribution in [3.8, 4) is 11.5 Å². The maximum absolute atomic E-state index is 14.2. The zero-order valence-electron chi connectivity index (χ0n) is 22.7. The van der Waals surface area contributed by atoms with Crippen LogP contribution in [0.1, 0.15) is 24.0 Å². The van der Waals surface area contributed by atoms with E-state index in [1.165, 1.54) is 17.2 Å². The molecule has 6 atom stereocenters. The van der Waals surface area contributed by atoms with Crippen LogP contribution in [0.3, 0.4) is 0 Å². The lowest BCUT2D eigenvalue weighted by atomic mass is 9.56. The Labute approximate surface area is 270 Å². The van der Waals surface area contributed by atoms with Gasteiger partial charge in [-0.05, 0) is 67.2 Å². The number of ether oxygens (including phenoxy) is 1. The second-order valence-corrected chi connectivity index (χ2v) is 13.9. The monoisotopic (exact) mass is 704 g/mol. The van der Waals surface area contributed by atoms with E-state index in [0.717, 1.165) is 10.5 Å². The molecule has 8 nitrogen and oxygen atoms in total. The van der Waals surface area contributed by atoms with Crippen LogP contribution in [0.25, 0.3) is 0 Å². The number of likely N-dealkylation sites (tertiary alicyclic amines) is 1. The van der Waals surface area contributed by atoms with E-state index in [9.17, 15) is 24.3 Å². The zero-order valence-corrected chi connectivity index (χ0v) is 26.5. The molecule has 3 fully saturated rings. The first-order valence-corrected chi connectivity index (χ1v) is 16.0. The number of aryl methyl sites for hydroxylation is 1. The molecule has 4 amide bonds. The van der Waals surface area contributed by atoms with Crippen LogP contribution >= 0.6 is 50.7 Å². The number of carbonyl (C=O) groups is 4. The van der Waals surface area contributed by atoms with E-state index in [0.29, 0.717) is 33.2 Å². The van der Waals surface area contributed by atoms with Crippen molar-refractivity contribution in [2.24, 2.45) is 23.7 Å². The minimum Gasteiger partial charge on any atom is -0.508 e. The summed E-state index contributed by atoms with van der Waals surface area (Å²) < 4.78 is 5.92. The molecule has 0 spiro atoms. The summed E-state index contributed by atoms with van der Waals surface area (Å²) in [5, 5.41) is 10.6. The van der Waals surface area contributed by atoms with Gasteiger partial charge in [0.1, 0.15) is 11.5 Å². The Kier molecular flexibility index (Phi) is 6.60. The maximum atomic E-state index is 14.2. The largest absolute Gasteiger partial charge is 0.508 e. The number of nitrogens with zero attached hydrogens (tertiary/aromatic N) is 2. The first kappa shape index (κ1) is 28.9. The number of phenols is 1. The summed E-state index contributed by atoms with van der Waals surface area (Å²) in [5.41, 5.74) is 2.98. The number of aromatic hydroxyl groups is 1. The minimum atomic E-state index is -1.92. The second-order valence-electron chi connectivity index (χ2n) is 11.7. The van der Waals surface area contributed by atoms with Gasteiger partial charge in [0.05, 0.1) is 29.2 Å². The highest BCUT2D eigenvalue weighted by Gasteiger charge is 2.76. The van der Waals surface area contributed by atoms with Gasteiger partial charge in [0, 0.05) is 22.9 Å². The number of alkyl halides is 3. The van der Waals surface area contributed by atoms with Crippen molar-refractivity contribution in [1.82, 2.24) is 4.90 Å². The predicted molar refractivity (Wildman–Crippen MR) is 163 cm³/mol. The van der Waals surface area contributed by atoms with Crippen molar-refractivity contribution < 1.29 is 29.0 Å². The molecule has 1 N–H and O–H groups in total. The fraction of sp³-hybridized carbons (Fsp3) is 0.355. The van der Waals surface area contributed by atoms with Crippen LogP contribution < -0.4 is 9.64 Å². The number of phenolic OH excluding ortho intramolecular Hbond substituents is 1. The highest BCUT2D eigenvalue weighted by Crippen LogP contribution is 2.65. The molecule has 12 heteroatoms. The van der Waals surface area contributed by atoms with Crippen LogP contribution in [0, 0.1) is 30.6 Å². The summed E-state index contributed by atoms with van der Waals surface area (Å²) in [4.78, 5) is 54.0. The van der Waals surface area contributed by atoms with Crippen molar-refractivity contribution >= 4 is 80.0 Å². The predicted octanol–water partition coefficient (Wildman–Crippen LogP) is 5.62. The number of allylic oxidation sites excluding steroid dienone is 3. The fourth-order valence-electron chi connectivity index (χ4n) is 7.54. The molecule has 43 heavy (non-hydrogen) atoms. The molecule has 6 unspecified atom stereocenters. The van der Waals surface area contributed by atoms with Gasteiger partial charge in [-0.15, -0.1) is 23.2 Å². The average Bonchev–Trinajstić information content (AvgIpc) is 3.31. The van der Waals surface area contributed by atoms with Crippen LogP contribution in [0.4, 0.5) is 5.69 Å². The summed E-state index contributed by atoms with van der Waals surface area (Å²) in [5.74, 6) is -4.58. The number of rotatable bonds is 3. The van der Waals surface area contributed by atoms with Crippen LogP contribution in [0.5, 0.6) is 11.5 Å². The molecule has 2 aromatic rings. The molecule has 2 aliphatic carbocycles. The van der Waals surface area contributed by atoms with Gasteiger partial charge in [-0.3, -0.25) is 24.1 Å². The zero-order chi connectivity index (χ0) is 30.6. The van der Waals surface area contributed by atoms with Crippen molar-refractivity contribution in [3.05, 3.63) is 76.0 Å². The number of halogens is 4. The van der Waals surface area contributed by atoms with Crippen molar-refractivity contribution in [3.63, 3.8) is 0 Å². The van der Waals surface area contributed by atoms with Gasteiger partial charge in [-0.25, -0.2) is 4.90 Å². The number of hydrogen-bond acceptors (Lipinski definition) is 6. The summed E-state index contributed by atoms with van der Waals surface area (Å²) >= 11 is 24.2. The van der Waals surface area contributed by atoms with E-state index in [1.54, 1.807) is 30.3 Å². The molecule has 5 aliphatic rings. The van der Waals surface area contributed by atoms with Gasteiger partial charge in [0.2, 0.25) is 11.8 Å². The van der Waals surface area contributed by atoms with Gasteiger partial charge >= 0.3 is 0 Å². The molecule has 1 saturated carbocycles. The Balaban J connectivity index is 1.36. The number of benzene rings is 2. The topological polar surface area (TPSA) is 104 Å². The molecule has 2 saturated heterocycles. The number of carbonyl (C=O) groups excluding carboxylic acids is 4. The van der Waals surface area contributed by atoms with Gasteiger partial charge in [-0.1, -0.05) is 45.2 Å². The molecule has 0 bridgehead atoms. The molecular weight excluding hydrogens is 683 g/mol. The summed E-state index contributed by atoms with van der Waals surface area (Å²) in [6, 6.07) is 9.74. The molecule has 0 aromatic heterocycles. The molecule has 2 aromatic carbocycles. The lowest BCUT2D eigenvalue weighted by molar-refractivity contribution is -0.138. The summed E-state index contributed by atoms with van der Waals surface area (Å²) in [6.07, 6.45) is 3.78. The molecule has 222 valence electrons. The second kappa shape index (κ2) is 9.83. The Morgan fingerprint density at radius 2 is 1.81 bits per heavy atom. The number of anilines is 1. The number of amides is 4. The van der Waals surface area contributed by atoms with Crippen LogP contribution in [0.15, 0.2) is 59.9 Å². The quantitative estimate of drug-likeness (QED) is 0.193. The van der Waals surface area contributed by atoms with Crippen LogP contribution in [0.2, 0.25) is 5.02 Å². The lowest BCUT2D eigenvalue weighted by Gasteiger charge is -2.51. The third kappa shape index (κ3) is 3.81. The molecule has 3 heterocycles. The number of imide groups is 2. The third-order valence-corrected chi connectivity index (χ3v) is 11.9. The van der Waals surface area contributed by atoms with E-state index in [-0.39, 0.29) is 36.4 Å². The van der Waals surface area contributed by atoms with Crippen LogP contribution in [-0.4, -0.2) is 48.8 Å². The lowest BCUT2D eigenvalue weighted by Crippen LogP contribution is -2.61. The Hall–Kier alpha value is -2.85. The minimum absolute atomic E-state index is 0.0427. The van der Waals surface area contributed by atoms with Crippen molar-refractivity contribution in [1.29, 1.82) is 0 Å². The van der Waals surface area contributed by atoms with Gasteiger partial charge < -0.3 is 9.84 Å². The van der Waals surface area contributed by atoms with Gasteiger partial charge in [0.15, 0.2) is 9.75 Å². The first-order valence-electron chi connectivity index (χ1n) is 13.7. The van der Waals surface area contributed by atoms with Gasteiger partial charge in [-0.2, -0.15) is 0 Å². The highest BCUT2D eigenvalue weighted by atomic mass is 79.9. The number of hydrogen-bond donors (Lipinski definition) is 1. The van der Waals surface area contributed by atoms with Gasteiger partial charge in [0.25, 0.3) is 11.8 Å². The average molecular weight is 707 g/mol. The van der Waals surface area contributed by atoms with E-state index >= 15 is 0 Å². The summed E-state index contributed by atoms with van der Waals surface area (Å²) in [6.45, 7) is 1.83. The van der Waals surface area contributed by atoms with E-state index in [4.69, 9.17) is 39.5 Å². The third-order valence-electron chi connectivity index (χ3n) is 9.58. The van der Waals surface area contributed by atoms with E-state index in [2.05, 4.69) is 15.9 Å². The van der Waals surface area contributed by atoms with E-state index in [1.807, 2.05) is 13.0 Å². The molecule has 7 rings (SSSR count). The fourth-order valence-corrected chi connectivity index (χ4v) is 9.15. The number of fused-ring (bicyclic) bond motifs is 5. The normalized spacial score (nSPS) is 33.0. The Morgan fingerprint density at radius 1 is 1.05 bits per heavy atom. The molecule has 3 aliphatic heterocycles. The smallest absolute Gasteiger partial charge is 0.254 e. The van der Waals surface area contributed by atoms with Crippen molar-refractivity contribution in [2.45, 2.75) is 35.9 Å². The summed E-state index contributed by atoms with van der Waals surface area (Å²) in [7, 11) is 0. The highest BCUT2D eigenvalue weighted by molar-refractivity contribution is 9.09. The van der Waals surface area contributed by atoms with Crippen LogP contribution in [-0.2, 0) is 25.6 Å². The SMILES string of the molecule is Cc1ccc(N2C(=O)C3CC=C4C(CC5(Cl)C(=O)N(CBr)C(=O)C5(Cl)C4C4=COc5ccc(O)cc5C4)C3C2=O)cc1Cl. The standard InChI is InChI=1S/C31H24BrCl3N2O6/c1-14-2-3-17(10-22(14)33)37-26(39)20-6-5-19-21(24(20)27(37)40)11-30(34)28(41)36(13-32)29(42)31(30,35)25(19)16-8-15-9-18(38)4-7-23(15)43-12-16/h2-5,7,9-10,12,20-21,24-25,38H,6,8,11,13H2,1H3. The maximum Gasteiger partial charge on any atom is 0.254 e. The first-order chi connectivity index (χ1) is 20.4. The van der Waals surface area contributed by atoms with E-state index < -0.39 is 51.1 Å². The van der Waals surface area contributed by atoms with Crippen molar-refractivity contribution in [2.75, 3.05) is 10.4 Å². The molecular formula is C31H24BrCl3N2O6. The molecule has 0 radical (unpaired) electrons. The Bertz CT molecular complexity index is 1730.